The molecule has 0 fully saturated rings. The minimum Gasteiger partial charge on any atom is -0.496 e. The summed E-state index contributed by atoms with van der Waals surface area (Å²) in [7, 11) is 3.01. The Hall–Kier alpha value is -4.29. The molecule has 0 N–H and O–H groups in total. The standard InChI is InChI=1S/C29H21ClO6/c1-33-22-15-21(30)27(34-2)25-20(22)14-19(16-35-29(32)18-11-7-4-8-12-18)24-26(31)23(36-28(24)25)13-17-9-5-3-6-10-17/h3-15H,16H2,1-2H3/b23-13-. The van der Waals surface area contributed by atoms with Gasteiger partial charge >= 0.3 is 5.97 Å². The Kier molecular flexibility index (Phi) is 6.36. The molecule has 1 heterocycles. The summed E-state index contributed by atoms with van der Waals surface area (Å²) in [5.74, 6) is 0.401. The quantitative estimate of drug-likeness (QED) is 0.223. The smallest absolute Gasteiger partial charge is 0.338 e. The SMILES string of the molecule is COc1cc(Cl)c(OC)c2c3c(c(COC(=O)c4ccccc4)cc12)C(=O)/C(=C/c1ccccc1)O3. The van der Waals surface area contributed by atoms with Gasteiger partial charge in [0.1, 0.15) is 18.1 Å². The van der Waals surface area contributed by atoms with Gasteiger partial charge in [0.2, 0.25) is 5.78 Å². The number of ketones is 1. The predicted molar refractivity (Wildman–Crippen MR) is 137 cm³/mol. The zero-order valence-corrected chi connectivity index (χ0v) is 20.3. The lowest BCUT2D eigenvalue weighted by atomic mass is 9.96. The molecule has 180 valence electrons. The summed E-state index contributed by atoms with van der Waals surface area (Å²) in [4.78, 5) is 26.2. The summed E-state index contributed by atoms with van der Waals surface area (Å²) in [6, 6.07) is 21.4. The van der Waals surface area contributed by atoms with Crippen LogP contribution in [0.2, 0.25) is 5.02 Å². The van der Waals surface area contributed by atoms with Crippen molar-refractivity contribution < 1.29 is 28.5 Å². The molecule has 0 bridgehead atoms. The average Bonchev–Trinajstić information content (AvgIpc) is 3.23. The average molecular weight is 501 g/mol. The lowest BCUT2D eigenvalue weighted by Crippen LogP contribution is -2.08. The van der Waals surface area contributed by atoms with Crippen molar-refractivity contribution in [3.05, 3.63) is 106 Å². The van der Waals surface area contributed by atoms with Crippen LogP contribution in [0.4, 0.5) is 0 Å². The number of methoxy groups -OCH3 is 2. The van der Waals surface area contributed by atoms with Gasteiger partial charge in [0.25, 0.3) is 0 Å². The lowest BCUT2D eigenvalue weighted by Gasteiger charge is -2.16. The molecule has 0 aliphatic carbocycles. The van der Waals surface area contributed by atoms with Crippen LogP contribution < -0.4 is 14.2 Å². The number of carbonyl (C=O) groups is 2. The summed E-state index contributed by atoms with van der Waals surface area (Å²) in [6.45, 7) is -0.145. The van der Waals surface area contributed by atoms with Gasteiger partial charge in [-0.2, -0.15) is 0 Å². The monoisotopic (exact) mass is 500 g/mol. The van der Waals surface area contributed by atoms with Gasteiger partial charge in [0.15, 0.2) is 11.5 Å². The van der Waals surface area contributed by atoms with Crippen LogP contribution in [0.1, 0.15) is 31.8 Å². The molecular weight excluding hydrogens is 480 g/mol. The first-order valence-electron chi connectivity index (χ1n) is 11.1. The first-order chi connectivity index (χ1) is 17.5. The molecule has 6 nitrogen and oxygen atoms in total. The molecule has 4 aromatic carbocycles. The molecule has 0 aromatic heterocycles. The Balaban J connectivity index is 1.67. The third-order valence-corrected chi connectivity index (χ3v) is 6.16. The molecule has 0 spiro atoms. The third-order valence-electron chi connectivity index (χ3n) is 5.88. The maximum atomic E-state index is 13.6. The maximum Gasteiger partial charge on any atom is 0.338 e. The number of ether oxygens (including phenoxy) is 4. The summed E-state index contributed by atoms with van der Waals surface area (Å²) < 4.78 is 22.9. The molecule has 1 aliphatic rings. The van der Waals surface area contributed by atoms with Crippen LogP contribution in [0, 0.1) is 0 Å². The van der Waals surface area contributed by atoms with E-state index in [1.807, 2.05) is 36.4 Å². The molecule has 36 heavy (non-hydrogen) atoms. The Morgan fingerprint density at radius 3 is 2.33 bits per heavy atom. The highest BCUT2D eigenvalue weighted by molar-refractivity contribution is 6.34. The van der Waals surface area contributed by atoms with Gasteiger partial charge in [-0.05, 0) is 29.8 Å². The van der Waals surface area contributed by atoms with Gasteiger partial charge in [-0.25, -0.2) is 4.79 Å². The minimum atomic E-state index is -0.503. The number of benzene rings is 4. The van der Waals surface area contributed by atoms with E-state index in [2.05, 4.69) is 0 Å². The van der Waals surface area contributed by atoms with E-state index in [-0.39, 0.29) is 29.5 Å². The molecule has 0 amide bonds. The first kappa shape index (κ1) is 23.5. The fourth-order valence-corrected chi connectivity index (χ4v) is 4.49. The maximum absolute atomic E-state index is 13.6. The minimum absolute atomic E-state index is 0.139. The van der Waals surface area contributed by atoms with Crippen molar-refractivity contribution in [1.82, 2.24) is 0 Å². The number of Topliss-reactive ketones (excluding diaryl/α,β-unsaturated/α-hetero) is 1. The number of hydrogen-bond donors (Lipinski definition) is 0. The van der Waals surface area contributed by atoms with E-state index in [9.17, 15) is 9.59 Å². The molecule has 0 saturated carbocycles. The van der Waals surface area contributed by atoms with Gasteiger partial charge < -0.3 is 18.9 Å². The van der Waals surface area contributed by atoms with Crippen LogP contribution in [0.15, 0.2) is 78.6 Å². The first-order valence-corrected chi connectivity index (χ1v) is 11.5. The van der Waals surface area contributed by atoms with Crippen molar-refractivity contribution in [3.63, 3.8) is 0 Å². The van der Waals surface area contributed by atoms with Crippen LogP contribution in [-0.2, 0) is 11.3 Å². The summed E-state index contributed by atoms with van der Waals surface area (Å²) in [5.41, 5.74) is 1.98. The van der Waals surface area contributed by atoms with Crippen LogP contribution in [0.5, 0.6) is 17.2 Å². The van der Waals surface area contributed by atoms with Crippen molar-refractivity contribution in [1.29, 1.82) is 0 Å². The molecule has 7 heteroatoms. The van der Waals surface area contributed by atoms with Gasteiger partial charge in [-0.1, -0.05) is 60.1 Å². The van der Waals surface area contributed by atoms with E-state index in [1.54, 1.807) is 42.5 Å². The summed E-state index contributed by atoms with van der Waals surface area (Å²) in [6.07, 6.45) is 1.67. The highest BCUT2D eigenvalue weighted by Crippen LogP contribution is 2.50. The Labute approximate surface area is 212 Å². The van der Waals surface area contributed by atoms with Crippen molar-refractivity contribution >= 4 is 40.2 Å². The van der Waals surface area contributed by atoms with Crippen molar-refractivity contribution in [3.8, 4) is 17.2 Å². The molecule has 4 aromatic rings. The molecule has 0 saturated heterocycles. The van der Waals surface area contributed by atoms with Crippen molar-refractivity contribution in [2.24, 2.45) is 0 Å². The number of allylic oxidation sites excluding steroid dienone is 1. The number of esters is 1. The van der Waals surface area contributed by atoms with Gasteiger partial charge in [-0.3, -0.25) is 4.79 Å². The van der Waals surface area contributed by atoms with Crippen LogP contribution in [0.3, 0.4) is 0 Å². The number of halogens is 1. The number of hydrogen-bond acceptors (Lipinski definition) is 6. The van der Waals surface area contributed by atoms with E-state index in [0.717, 1.165) is 5.56 Å². The molecule has 0 radical (unpaired) electrons. The normalized spacial score (nSPS) is 13.4. The Morgan fingerprint density at radius 1 is 0.972 bits per heavy atom. The number of carbonyl (C=O) groups excluding carboxylic acids is 2. The second-order valence-corrected chi connectivity index (χ2v) is 8.46. The highest BCUT2D eigenvalue weighted by Gasteiger charge is 2.35. The van der Waals surface area contributed by atoms with Crippen molar-refractivity contribution in [2.45, 2.75) is 6.61 Å². The van der Waals surface area contributed by atoms with E-state index in [4.69, 9.17) is 30.5 Å². The topological polar surface area (TPSA) is 71.1 Å². The third kappa shape index (κ3) is 4.16. The van der Waals surface area contributed by atoms with Gasteiger partial charge in [0, 0.05) is 17.0 Å². The van der Waals surface area contributed by atoms with Crippen LogP contribution in [0.25, 0.3) is 16.8 Å². The zero-order valence-electron chi connectivity index (χ0n) is 19.5. The van der Waals surface area contributed by atoms with Gasteiger partial charge in [0.05, 0.1) is 35.8 Å². The molecular formula is C29H21ClO6. The van der Waals surface area contributed by atoms with Crippen LogP contribution in [-0.4, -0.2) is 26.0 Å². The molecule has 5 rings (SSSR count). The number of fused-ring (bicyclic) bond motifs is 3. The van der Waals surface area contributed by atoms with Crippen molar-refractivity contribution in [2.75, 3.05) is 14.2 Å². The summed E-state index contributed by atoms with van der Waals surface area (Å²) >= 11 is 6.47. The summed E-state index contributed by atoms with van der Waals surface area (Å²) in [5, 5.41) is 1.42. The Bertz CT molecular complexity index is 1510. The Morgan fingerprint density at radius 2 is 1.67 bits per heavy atom. The second-order valence-electron chi connectivity index (χ2n) is 8.05. The number of rotatable bonds is 6. The lowest BCUT2D eigenvalue weighted by molar-refractivity contribution is 0.0471. The highest BCUT2D eigenvalue weighted by atomic mass is 35.5. The fraction of sp³-hybridized carbons (Fsp3) is 0.103. The predicted octanol–water partition coefficient (Wildman–Crippen LogP) is 6.48. The van der Waals surface area contributed by atoms with E-state index in [1.165, 1.54) is 14.2 Å². The molecule has 0 atom stereocenters. The molecule has 0 unspecified atom stereocenters. The van der Waals surface area contributed by atoms with Crippen LogP contribution >= 0.6 is 11.6 Å². The zero-order chi connectivity index (χ0) is 25.2. The second kappa shape index (κ2) is 9.76. The largest absolute Gasteiger partial charge is 0.496 e. The van der Waals surface area contributed by atoms with E-state index in [0.29, 0.717) is 38.4 Å². The fourth-order valence-electron chi connectivity index (χ4n) is 4.22. The molecule has 1 aliphatic heterocycles. The van der Waals surface area contributed by atoms with E-state index < -0.39 is 5.97 Å². The van der Waals surface area contributed by atoms with Gasteiger partial charge in [-0.15, -0.1) is 0 Å². The van der Waals surface area contributed by atoms with E-state index >= 15 is 0 Å².